The molecule has 0 saturated carbocycles. The molecule has 2 aromatic carbocycles. The van der Waals surface area contributed by atoms with E-state index in [1.54, 1.807) is 19.6 Å². The molecule has 0 aliphatic rings. The second-order valence-electron chi connectivity index (χ2n) is 5.82. The van der Waals surface area contributed by atoms with Gasteiger partial charge in [0.15, 0.2) is 6.10 Å². The largest absolute Gasteiger partial charge is 0.367 e. The van der Waals surface area contributed by atoms with Crippen LogP contribution in [0.15, 0.2) is 73.3 Å². The number of aromatic nitrogens is 2. The maximum Gasteiger partial charge on any atom is 0.254 e. The molecule has 0 saturated heterocycles. The third-order valence-electron chi connectivity index (χ3n) is 4.11. The zero-order chi connectivity index (χ0) is 17.6. The van der Waals surface area contributed by atoms with Crippen molar-refractivity contribution in [1.29, 1.82) is 0 Å². The van der Waals surface area contributed by atoms with Gasteiger partial charge in [-0.2, -0.15) is 0 Å². The minimum Gasteiger partial charge on any atom is -0.367 e. The Morgan fingerprint density at radius 3 is 2.56 bits per heavy atom. The van der Waals surface area contributed by atoms with Crippen molar-refractivity contribution < 1.29 is 9.53 Å². The first kappa shape index (κ1) is 16.9. The van der Waals surface area contributed by atoms with Crippen LogP contribution in [0.1, 0.15) is 30.2 Å². The van der Waals surface area contributed by atoms with Crippen LogP contribution in [0, 0.1) is 0 Å². The molecule has 0 unspecified atom stereocenters. The Labute approximate surface area is 147 Å². The number of nitrogens with zero attached hydrogens (tertiary/aromatic N) is 2. The van der Waals surface area contributed by atoms with Gasteiger partial charge in [-0.25, -0.2) is 4.98 Å². The van der Waals surface area contributed by atoms with Crippen molar-refractivity contribution in [3.8, 4) is 5.69 Å². The second-order valence-corrected chi connectivity index (χ2v) is 5.82. The van der Waals surface area contributed by atoms with E-state index >= 15 is 0 Å². The first-order valence-corrected chi connectivity index (χ1v) is 8.15. The number of ether oxygens (including phenoxy) is 1. The van der Waals surface area contributed by atoms with Crippen molar-refractivity contribution in [3.05, 3.63) is 84.4 Å². The fourth-order valence-corrected chi connectivity index (χ4v) is 2.76. The molecule has 5 nitrogen and oxygen atoms in total. The third-order valence-corrected chi connectivity index (χ3v) is 4.11. The number of carbonyl (C=O) groups is 1. The zero-order valence-corrected chi connectivity index (χ0v) is 14.3. The van der Waals surface area contributed by atoms with Crippen molar-refractivity contribution in [3.63, 3.8) is 0 Å². The number of hydrogen-bond acceptors (Lipinski definition) is 3. The molecule has 1 amide bonds. The van der Waals surface area contributed by atoms with Crippen LogP contribution in [-0.2, 0) is 9.53 Å². The lowest BCUT2D eigenvalue weighted by Crippen LogP contribution is -2.32. The number of nitrogens with one attached hydrogen (secondary N) is 1. The van der Waals surface area contributed by atoms with Crippen LogP contribution in [0.2, 0.25) is 0 Å². The number of carbonyl (C=O) groups excluding carboxylic acids is 1. The SMILES string of the molecule is CO[C@H](C(=O)N[C@@H](C)c1cccc(-n2ccnc2)c1)c1ccccc1. The van der Waals surface area contributed by atoms with E-state index in [9.17, 15) is 4.79 Å². The predicted octanol–water partition coefficient (Wildman–Crippen LogP) is 3.44. The molecule has 0 bridgehead atoms. The van der Waals surface area contributed by atoms with Crippen LogP contribution in [0.5, 0.6) is 0 Å². The molecule has 128 valence electrons. The molecule has 3 aromatic rings. The maximum atomic E-state index is 12.6. The summed E-state index contributed by atoms with van der Waals surface area (Å²) in [5.74, 6) is -0.158. The zero-order valence-electron chi connectivity index (χ0n) is 14.3. The van der Waals surface area contributed by atoms with Crippen molar-refractivity contribution in [1.82, 2.24) is 14.9 Å². The van der Waals surface area contributed by atoms with E-state index in [1.807, 2.05) is 72.3 Å². The van der Waals surface area contributed by atoms with Gasteiger partial charge in [0.2, 0.25) is 0 Å². The van der Waals surface area contributed by atoms with Crippen LogP contribution in [0.4, 0.5) is 0 Å². The Bertz CT molecular complexity index is 816. The topological polar surface area (TPSA) is 56.1 Å². The first-order chi connectivity index (χ1) is 12.2. The molecular formula is C20H21N3O2. The minimum absolute atomic E-state index is 0.141. The Balaban J connectivity index is 1.74. The van der Waals surface area contributed by atoms with Crippen molar-refractivity contribution in [2.45, 2.75) is 19.1 Å². The molecule has 1 aromatic heterocycles. The van der Waals surface area contributed by atoms with E-state index in [0.717, 1.165) is 16.8 Å². The highest BCUT2D eigenvalue weighted by atomic mass is 16.5. The summed E-state index contributed by atoms with van der Waals surface area (Å²) in [7, 11) is 1.54. The van der Waals surface area contributed by atoms with Gasteiger partial charge in [-0.3, -0.25) is 4.79 Å². The number of imidazole rings is 1. The Hall–Kier alpha value is -2.92. The summed E-state index contributed by atoms with van der Waals surface area (Å²) in [6.45, 7) is 1.96. The highest BCUT2D eigenvalue weighted by molar-refractivity contribution is 5.82. The molecule has 1 N–H and O–H groups in total. The predicted molar refractivity (Wildman–Crippen MR) is 96.3 cm³/mol. The summed E-state index contributed by atoms with van der Waals surface area (Å²) in [5, 5.41) is 3.03. The van der Waals surface area contributed by atoms with E-state index in [2.05, 4.69) is 10.3 Å². The number of amides is 1. The molecule has 5 heteroatoms. The second kappa shape index (κ2) is 7.77. The van der Waals surface area contributed by atoms with Crippen molar-refractivity contribution in [2.75, 3.05) is 7.11 Å². The molecule has 1 heterocycles. The minimum atomic E-state index is -0.625. The summed E-state index contributed by atoms with van der Waals surface area (Å²) in [6.07, 6.45) is 4.75. The van der Waals surface area contributed by atoms with E-state index in [1.165, 1.54) is 0 Å². The summed E-state index contributed by atoms with van der Waals surface area (Å²) >= 11 is 0. The van der Waals surface area contributed by atoms with Crippen LogP contribution in [-0.4, -0.2) is 22.6 Å². The molecule has 0 aliphatic heterocycles. The van der Waals surface area contributed by atoms with Crippen LogP contribution >= 0.6 is 0 Å². The van der Waals surface area contributed by atoms with Crippen molar-refractivity contribution in [2.24, 2.45) is 0 Å². The average Bonchev–Trinajstić information content (AvgIpc) is 3.18. The molecular weight excluding hydrogens is 314 g/mol. The number of methoxy groups -OCH3 is 1. The van der Waals surface area contributed by atoms with E-state index in [4.69, 9.17) is 4.74 Å². The highest BCUT2D eigenvalue weighted by Gasteiger charge is 2.21. The summed E-state index contributed by atoms with van der Waals surface area (Å²) in [5.41, 5.74) is 2.85. The van der Waals surface area contributed by atoms with Gasteiger partial charge >= 0.3 is 0 Å². The molecule has 0 aliphatic carbocycles. The van der Waals surface area contributed by atoms with Crippen molar-refractivity contribution >= 4 is 5.91 Å². The molecule has 0 radical (unpaired) electrons. The summed E-state index contributed by atoms with van der Waals surface area (Å²) < 4.78 is 7.32. The van der Waals surface area contributed by atoms with Crippen LogP contribution in [0.25, 0.3) is 5.69 Å². The Morgan fingerprint density at radius 2 is 1.88 bits per heavy atom. The standard InChI is InChI=1S/C20H21N3O2/c1-15(17-9-6-10-18(13-17)23-12-11-21-14-23)22-20(24)19(25-2)16-7-4-3-5-8-16/h3-15,19H,1-2H3,(H,22,24)/t15-,19-/m0/s1. The maximum absolute atomic E-state index is 12.6. The Morgan fingerprint density at radius 1 is 1.12 bits per heavy atom. The van der Waals surface area contributed by atoms with Gasteiger partial charge in [-0.1, -0.05) is 42.5 Å². The quantitative estimate of drug-likeness (QED) is 0.751. The van der Waals surface area contributed by atoms with Crippen LogP contribution in [0.3, 0.4) is 0 Å². The van der Waals surface area contributed by atoms with Crippen LogP contribution < -0.4 is 5.32 Å². The monoisotopic (exact) mass is 335 g/mol. The normalized spacial score (nSPS) is 13.2. The molecule has 2 atom stereocenters. The smallest absolute Gasteiger partial charge is 0.254 e. The van der Waals surface area contributed by atoms with Gasteiger partial charge in [-0.05, 0) is 30.2 Å². The van der Waals surface area contributed by atoms with E-state index in [-0.39, 0.29) is 11.9 Å². The van der Waals surface area contributed by atoms with E-state index in [0.29, 0.717) is 0 Å². The highest BCUT2D eigenvalue weighted by Crippen LogP contribution is 2.20. The number of rotatable bonds is 6. The first-order valence-electron chi connectivity index (χ1n) is 8.15. The number of benzene rings is 2. The molecule has 3 rings (SSSR count). The van der Waals surface area contributed by atoms with Gasteiger partial charge in [0, 0.05) is 25.2 Å². The lowest BCUT2D eigenvalue weighted by Gasteiger charge is -2.20. The average molecular weight is 335 g/mol. The number of hydrogen-bond donors (Lipinski definition) is 1. The molecule has 25 heavy (non-hydrogen) atoms. The Kier molecular flexibility index (Phi) is 5.26. The fourth-order valence-electron chi connectivity index (χ4n) is 2.76. The van der Waals surface area contributed by atoms with Gasteiger partial charge in [0.05, 0.1) is 12.4 Å². The molecule has 0 spiro atoms. The summed E-state index contributed by atoms with van der Waals surface area (Å²) in [6, 6.07) is 17.3. The van der Waals surface area contributed by atoms with Gasteiger partial charge < -0.3 is 14.6 Å². The third kappa shape index (κ3) is 3.95. The summed E-state index contributed by atoms with van der Waals surface area (Å²) in [4.78, 5) is 16.7. The van der Waals surface area contributed by atoms with Gasteiger partial charge in [-0.15, -0.1) is 0 Å². The lowest BCUT2D eigenvalue weighted by molar-refractivity contribution is -0.132. The fraction of sp³-hybridized carbons (Fsp3) is 0.200. The van der Waals surface area contributed by atoms with Gasteiger partial charge in [0.1, 0.15) is 0 Å². The lowest BCUT2D eigenvalue weighted by atomic mass is 10.1. The van der Waals surface area contributed by atoms with E-state index < -0.39 is 6.10 Å². The van der Waals surface area contributed by atoms with Gasteiger partial charge in [0.25, 0.3) is 5.91 Å². The molecule has 0 fully saturated rings.